The Bertz CT molecular complexity index is 814. The Hall–Kier alpha value is -1.73. The Balaban J connectivity index is 1.82. The molecule has 2 aliphatic carbocycles. The molecule has 2 unspecified atom stereocenters. The maximum atomic E-state index is 15.2. The van der Waals surface area contributed by atoms with Crippen LogP contribution >= 0.6 is 0 Å². The second-order valence-electron chi connectivity index (χ2n) is 8.29. The van der Waals surface area contributed by atoms with Crippen LogP contribution in [0.1, 0.15) is 57.9 Å². The SMILES string of the molecule is CCCC1CCC(C(F)(F)OC2(OCC)C=CC(c3cccc(F)c3)=C(F)C2F)CC1. The van der Waals surface area contributed by atoms with Gasteiger partial charge < -0.3 is 4.74 Å². The molecule has 7 heteroatoms. The number of allylic oxidation sites excluding steroid dienone is 2. The summed E-state index contributed by atoms with van der Waals surface area (Å²) in [5.41, 5.74) is -0.128. The van der Waals surface area contributed by atoms with E-state index in [0.717, 1.165) is 31.1 Å². The molecule has 2 atom stereocenters. The molecule has 172 valence electrons. The summed E-state index contributed by atoms with van der Waals surface area (Å²) in [6.07, 6.45) is -0.376. The van der Waals surface area contributed by atoms with E-state index < -0.39 is 35.6 Å². The second kappa shape index (κ2) is 9.82. The molecule has 0 aliphatic heterocycles. The van der Waals surface area contributed by atoms with E-state index in [1.807, 2.05) is 0 Å². The van der Waals surface area contributed by atoms with E-state index in [0.29, 0.717) is 18.8 Å². The molecule has 0 heterocycles. The zero-order chi connectivity index (χ0) is 22.6. The normalized spacial score (nSPS) is 29.5. The van der Waals surface area contributed by atoms with Crippen LogP contribution in [0.2, 0.25) is 0 Å². The molecule has 0 N–H and O–H groups in total. The van der Waals surface area contributed by atoms with Gasteiger partial charge in [-0.25, -0.2) is 13.2 Å². The lowest BCUT2D eigenvalue weighted by atomic mass is 9.79. The van der Waals surface area contributed by atoms with Crippen LogP contribution in [0.4, 0.5) is 22.0 Å². The third-order valence-electron chi connectivity index (χ3n) is 6.14. The summed E-state index contributed by atoms with van der Waals surface area (Å²) in [7, 11) is 0. The van der Waals surface area contributed by atoms with Crippen LogP contribution in [-0.4, -0.2) is 24.7 Å². The Kier molecular flexibility index (Phi) is 7.58. The van der Waals surface area contributed by atoms with Gasteiger partial charge in [-0.2, -0.15) is 8.78 Å². The van der Waals surface area contributed by atoms with Crippen LogP contribution < -0.4 is 0 Å². The van der Waals surface area contributed by atoms with E-state index in [1.165, 1.54) is 25.1 Å². The van der Waals surface area contributed by atoms with Gasteiger partial charge >= 0.3 is 6.11 Å². The third kappa shape index (κ3) is 5.20. The van der Waals surface area contributed by atoms with Crippen LogP contribution in [0, 0.1) is 17.7 Å². The first kappa shape index (κ1) is 23.9. The van der Waals surface area contributed by atoms with Crippen molar-refractivity contribution < 1.29 is 31.4 Å². The van der Waals surface area contributed by atoms with Crippen molar-refractivity contribution in [1.82, 2.24) is 0 Å². The molecule has 3 rings (SSSR count). The lowest BCUT2D eigenvalue weighted by Crippen LogP contribution is -2.52. The van der Waals surface area contributed by atoms with Crippen molar-refractivity contribution in [2.24, 2.45) is 11.8 Å². The number of halogens is 5. The lowest BCUT2D eigenvalue weighted by molar-refractivity contribution is -0.381. The van der Waals surface area contributed by atoms with Gasteiger partial charge in [0.15, 0.2) is 0 Å². The van der Waals surface area contributed by atoms with Gasteiger partial charge in [-0.3, -0.25) is 4.74 Å². The molecule has 1 aromatic rings. The highest BCUT2D eigenvalue weighted by molar-refractivity contribution is 5.78. The van der Waals surface area contributed by atoms with Crippen molar-refractivity contribution in [3.8, 4) is 0 Å². The van der Waals surface area contributed by atoms with E-state index >= 15 is 13.2 Å². The molecule has 31 heavy (non-hydrogen) atoms. The number of rotatable bonds is 8. The van der Waals surface area contributed by atoms with E-state index in [4.69, 9.17) is 9.47 Å². The molecule has 0 radical (unpaired) electrons. The molecule has 1 aromatic carbocycles. The van der Waals surface area contributed by atoms with Gasteiger partial charge in [0.25, 0.3) is 0 Å². The highest BCUT2D eigenvalue weighted by Crippen LogP contribution is 2.46. The summed E-state index contributed by atoms with van der Waals surface area (Å²) >= 11 is 0. The van der Waals surface area contributed by atoms with Crippen LogP contribution in [-0.2, 0) is 9.47 Å². The number of ether oxygens (including phenoxy) is 2. The Morgan fingerprint density at radius 1 is 1.10 bits per heavy atom. The number of benzene rings is 1. The van der Waals surface area contributed by atoms with Gasteiger partial charge in [0.1, 0.15) is 11.6 Å². The zero-order valence-electron chi connectivity index (χ0n) is 17.9. The third-order valence-corrected chi connectivity index (χ3v) is 6.14. The molecule has 0 aromatic heterocycles. The fourth-order valence-electron chi connectivity index (χ4n) is 4.52. The van der Waals surface area contributed by atoms with Gasteiger partial charge in [-0.15, -0.1) is 0 Å². The minimum absolute atomic E-state index is 0.0995. The van der Waals surface area contributed by atoms with Crippen molar-refractivity contribution >= 4 is 5.57 Å². The summed E-state index contributed by atoms with van der Waals surface area (Å²) < 4.78 is 84.0. The van der Waals surface area contributed by atoms with Crippen molar-refractivity contribution in [1.29, 1.82) is 0 Å². The maximum absolute atomic E-state index is 15.2. The molecule has 0 spiro atoms. The first-order valence-corrected chi connectivity index (χ1v) is 10.9. The van der Waals surface area contributed by atoms with Crippen molar-refractivity contribution in [3.63, 3.8) is 0 Å². The van der Waals surface area contributed by atoms with Crippen molar-refractivity contribution in [2.75, 3.05) is 6.61 Å². The van der Waals surface area contributed by atoms with Crippen LogP contribution in [0.3, 0.4) is 0 Å². The molecule has 1 fully saturated rings. The molecule has 0 saturated heterocycles. The van der Waals surface area contributed by atoms with E-state index in [2.05, 4.69) is 6.92 Å². The lowest BCUT2D eigenvalue weighted by Gasteiger charge is -2.41. The molecule has 2 nitrogen and oxygen atoms in total. The van der Waals surface area contributed by atoms with Crippen LogP contribution in [0.15, 0.2) is 42.2 Å². The zero-order valence-corrected chi connectivity index (χ0v) is 17.9. The highest BCUT2D eigenvalue weighted by Gasteiger charge is 2.55. The molecule has 1 saturated carbocycles. The first-order chi connectivity index (χ1) is 14.7. The number of hydrogen-bond acceptors (Lipinski definition) is 2. The van der Waals surface area contributed by atoms with Crippen LogP contribution in [0.5, 0.6) is 0 Å². The quantitative estimate of drug-likeness (QED) is 0.308. The fourth-order valence-corrected chi connectivity index (χ4v) is 4.52. The number of alkyl halides is 3. The first-order valence-electron chi connectivity index (χ1n) is 10.9. The highest BCUT2D eigenvalue weighted by atomic mass is 19.3. The monoisotopic (exact) mass is 444 g/mol. The van der Waals surface area contributed by atoms with E-state index in [9.17, 15) is 8.78 Å². The van der Waals surface area contributed by atoms with Crippen molar-refractivity contribution in [3.05, 3.63) is 53.6 Å². The van der Waals surface area contributed by atoms with Gasteiger partial charge in [-0.1, -0.05) is 38.0 Å². The minimum Gasteiger partial charge on any atom is -0.344 e. The molecule has 0 bridgehead atoms. The molecular formula is C24H29F5O2. The second-order valence-corrected chi connectivity index (χ2v) is 8.29. The van der Waals surface area contributed by atoms with Gasteiger partial charge in [-0.05, 0) is 62.3 Å². The summed E-state index contributed by atoms with van der Waals surface area (Å²) in [5.74, 6) is -5.21. The van der Waals surface area contributed by atoms with Gasteiger partial charge in [0, 0.05) is 12.2 Å². The summed E-state index contributed by atoms with van der Waals surface area (Å²) in [6, 6.07) is 4.98. The molecule has 2 aliphatic rings. The topological polar surface area (TPSA) is 18.5 Å². The standard InChI is InChI=1S/C24H29F5O2/c1-3-6-16-9-11-18(12-10-16)24(28,29)31-23(30-4-2)14-13-20(21(26)22(23)27)17-7-5-8-19(25)15-17/h5,7-8,13-16,18,22H,3-4,6,9-12H2,1-2H3. The van der Waals surface area contributed by atoms with Gasteiger partial charge in [0.2, 0.25) is 12.0 Å². The average molecular weight is 444 g/mol. The van der Waals surface area contributed by atoms with E-state index in [1.54, 1.807) is 0 Å². The maximum Gasteiger partial charge on any atom is 0.361 e. The Morgan fingerprint density at radius 3 is 2.42 bits per heavy atom. The number of hydrogen-bond donors (Lipinski definition) is 0. The van der Waals surface area contributed by atoms with E-state index in [-0.39, 0.29) is 30.6 Å². The summed E-state index contributed by atoms with van der Waals surface area (Å²) in [4.78, 5) is 0. The summed E-state index contributed by atoms with van der Waals surface area (Å²) in [6.45, 7) is 3.39. The minimum atomic E-state index is -3.68. The smallest absolute Gasteiger partial charge is 0.344 e. The predicted molar refractivity (Wildman–Crippen MR) is 109 cm³/mol. The van der Waals surface area contributed by atoms with Crippen LogP contribution in [0.25, 0.3) is 5.57 Å². The van der Waals surface area contributed by atoms with Crippen molar-refractivity contribution in [2.45, 2.75) is 70.4 Å². The summed E-state index contributed by atoms with van der Waals surface area (Å²) in [5, 5.41) is 0. The van der Waals surface area contributed by atoms with Gasteiger partial charge in [0.05, 0.1) is 5.92 Å². The largest absolute Gasteiger partial charge is 0.361 e. The Labute approximate surface area is 180 Å². The predicted octanol–water partition coefficient (Wildman–Crippen LogP) is 7.36. The average Bonchev–Trinajstić information content (AvgIpc) is 2.73. The fraction of sp³-hybridized carbons (Fsp3) is 0.583. The Morgan fingerprint density at radius 2 is 1.81 bits per heavy atom. The molecule has 0 amide bonds. The molecular weight excluding hydrogens is 415 g/mol.